The minimum absolute atomic E-state index is 0.719. The van der Waals surface area contributed by atoms with Crippen LogP contribution in [0.1, 0.15) is 25.3 Å². The standard InChI is InChI=1S/C11H19N3S/c1-2-14-9-10(8-13-14)7-12-11-3-5-15-6-4-11/h8-9,11-12H,2-7H2,1H3. The van der Waals surface area contributed by atoms with E-state index >= 15 is 0 Å². The third-order valence-electron chi connectivity index (χ3n) is 2.83. The molecule has 0 saturated carbocycles. The van der Waals surface area contributed by atoms with Crippen molar-refractivity contribution < 1.29 is 0 Å². The lowest BCUT2D eigenvalue weighted by atomic mass is 10.1. The van der Waals surface area contributed by atoms with Crippen LogP contribution in [0.2, 0.25) is 0 Å². The van der Waals surface area contributed by atoms with E-state index in [0.717, 1.165) is 19.1 Å². The summed E-state index contributed by atoms with van der Waals surface area (Å²) in [5.74, 6) is 2.62. The topological polar surface area (TPSA) is 29.9 Å². The average molecular weight is 225 g/mol. The lowest BCUT2D eigenvalue weighted by Gasteiger charge is -2.22. The van der Waals surface area contributed by atoms with Crippen molar-refractivity contribution in [1.29, 1.82) is 0 Å². The summed E-state index contributed by atoms with van der Waals surface area (Å²) in [7, 11) is 0. The molecule has 84 valence electrons. The fourth-order valence-corrected chi connectivity index (χ4v) is 2.94. The number of hydrogen-bond donors (Lipinski definition) is 1. The molecule has 0 spiro atoms. The van der Waals surface area contributed by atoms with Gasteiger partial charge in [0.15, 0.2) is 0 Å². The van der Waals surface area contributed by atoms with Crippen LogP contribution in [0.25, 0.3) is 0 Å². The van der Waals surface area contributed by atoms with Gasteiger partial charge in [0.1, 0.15) is 0 Å². The van der Waals surface area contributed by atoms with E-state index in [4.69, 9.17) is 0 Å². The van der Waals surface area contributed by atoms with E-state index in [2.05, 4.69) is 35.3 Å². The molecule has 1 aromatic heterocycles. The lowest BCUT2D eigenvalue weighted by Crippen LogP contribution is -2.31. The smallest absolute Gasteiger partial charge is 0.0534 e. The third kappa shape index (κ3) is 3.24. The molecule has 1 aromatic rings. The number of nitrogens with zero attached hydrogens (tertiary/aromatic N) is 2. The largest absolute Gasteiger partial charge is 0.310 e. The van der Waals surface area contributed by atoms with Crippen LogP contribution < -0.4 is 5.32 Å². The van der Waals surface area contributed by atoms with Gasteiger partial charge in [0.25, 0.3) is 0 Å². The molecule has 1 fully saturated rings. The van der Waals surface area contributed by atoms with Crippen LogP contribution in [0, 0.1) is 0 Å². The monoisotopic (exact) mass is 225 g/mol. The summed E-state index contributed by atoms with van der Waals surface area (Å²) in [5, 5.41) is 7.88. The van der Waals surface area contributed by atoms with E-state index in [1.807, 2.05) is 10.9 Å². The zero-order chi connectivity index (χ0) is 10.5. The minimum atomic E-state index is 0.719. The molecule has 3 nitrogen and oxygen atoms in total. The molecule has 1 aliphatic heterocycles. The number of thioether (sulfide) groups is 1. The van der Waals surface area contributed by atoms with Gasteiger partial charge < -0.3 is 5.32 Å². The van der Waals surface area contributed by atoms with Crippen LogP contribution in [0.5, 0.6) is 0 Å². The Kier molecular flexibility index (Phi) is 4.09. The Labute approximate surface area is 95.6 Å². The summed E-state index contributed by atoms with van der Waals surface area (Å²) in [6.07, 6.45) is 6.72. The van der Waals surface area contributed by atoms with Crippen LogP contribution in [0.4, 0.5) is 0 Å². The molecule has 0 unspecified atom stereocenters. The minimum Gasteiger partial charge on any atom is -0.310 e. The summed E-state index contributed by atoms with van der Waals surface area (Å²) >= 11 is 2.07. The SMILES string of the molecule is CCn1cc(CNC2CCSCC2)cn1. The van der Waals surface area contributed by atoms with E-state index in [1.165, 1.54) is 29.9 Å². The Hall–Kier alpha value is -0.480. The Balaban J connectivity index is 1.76. The molecule has 0 atom stereocenters. The van der Waals surface area contributed by atoms with Crippen molar-refractivity contribution >= 4 is 11.8 Å². The second-order valence-corrected chi connectivity index (χ2v) is 5.20. The molecule has 1 saturated heterocycles. The summed E-state index contributed by atoms with van der Waals surface area (Å²) in [5.41, 5.74) is 1.30. The van der Waals surface area contributed by atoms with E-state index < -0.39 is 0 Å². The van der Waals surface area contributed by atoms with Gasteiger partial charge in [-0.3, -0.25) is 4.68 Å². The molecule has 0 aliphatic carbocycles. The van der Waals surface area contributed by atoms with Gasteiger partial charge in [-0.25, -0.2) is 0 Å². The highest BCUT2D eigenvalue weighted by Crippen LogP contribution is 2.17. The molecule has 0 amide bonds. The summed E-state index contributed by atoms with van der Waals surface area (Å²) < 4.78 is 1.98. The van der Waals surface area contributed by atoms with Gasteiger partial charge in [0.2, 0.25) is 0 Å². The zero-order valence-electron chi connectivity index (χ0n) is 9.28. The first-order chi connectivity index (χ1) is 7.38. The van der Waals surface area contributed by atoms with Gasteiger partial charge in [-0.15, -0.1) is 0 Å². The summed E-state index contributed by atoms with van der Waals surface area (Å²) in [4.78, 5) is 0. The van der Waals surface area contributed by atoms with E-state index in [1.54, 1.807) is 0 Å². The summed E-state index contributed by atoms with van der Waals surface area (Å²) in [6, 6.07) is 0.719. The maximum Gasteiger partial charge on any atom is 0.0534 e. The first kappa shape index (κ1) is 11.0. The maximum atomic E-state index is 4.27. The number of hydrogen-bond acceptors (Lipinski definition) is 3. The normalized spacial score (nSPS) is 18.2. The van der Waals surface area contributed by atoms with E-state index in [9.17, 15) is 0 Å². The van der Waals surface area contributed by atoms with Crippen LogP contribution in [0.15, 0.2) is 12.4 Å². The van der Waals surface area contributed by atoms with Crippen molar-refractivity contribution in [1.82, 2.24) is 15.1 Å². The quantitative estimate of drug-likeness (QED) is 0.848. The molecule has 15 heavy (non-hydrogen) atoms. The summed E-state index contributed by atoms with van der Waals surface area (Å²) in [6.45, 7) is 4.04. The highest BCUT2D eigenvalue weighted by molar-refractivity contribution is 7.99. The zero-order valence-corrected chi connectivity index (χ0v) is 10.1. The lowest BCUT2D eigenvalue weighted by molar-refractivity contribution is 0.482. The Morgan fingerprint density at radius 3 is 3.00 bits per heavy atom. The Morgan fingerprint density at radius 1 is 1.53 bits per heavy atom. The first-order valence-corrected chi connectivity index (χ1v) is 6.86. The van der Waals surface area contributed by atoms with Gasteiger partial charge >= 0.3 is 0 Å². The molecule has 2 rings (SSSR count). The van der Waals surface area contributed by atoms with Gasteiger partial charge in [0.05, 0.1) is 6.20 Å². The van der Waals surface area contributed by atoms with Crippen LogP contribution in [-0.4, -0.2) is 27.3 Å². The Morgan fingerprint density at radius 2 is 2.33 bits per heavy atom. The molecule has 2 heterocycles. The second kappa shape index (κ2) is 5.56. The van der Waals surface area contributed by atoms with Crippen molar-refractivity contribution in [2.24, 2.45) is 0 Å². The molecule has 0 bridgehead atoms. The fourth-order valence-electron chi connectivity index (χ4n) is 1.83. The molecule has 1 N–H and O–H groups in total. The van der Waals surface area contributed by atoms with Crippen LogP contribution in [0.3, 0.4) is 0 Å². The van der Waals surface area contributed by atoms with Gasteiger partial charge in [-0.1, -0.05) is 0 Å². The maximum absolute atomic E-state index is 4.27. The highest BCUT2D eigenvalue weighted by Gasteiger charge is 2.12. The number of rotatable bonds is 4. The predicted octanol–water partition coefficient (Wildman–Crippen LogP) is 1.89. The molecular weight excluding hydrogens is 206 g/mol. The van der Waals surface area contributed by atoms with E-state index in [0.29, 0.717) is 0 Å². The fraction of sp³-hybridized carbons (Fsp3) is 0.727. The van der Waals surface area contributed by atoms with Crippen molar-refractivity contribution in [2.75, 3.05) is 11.5 Å². The first-order valence-electron chi connectivity index (χ1n) is 5.71. The molecular formula is C11H19N3S. The van der Waals surface area contributed by atoms with Gasteiger partial charge in [0, 0.05) is 30.9 Å². The molecule has 4 heteroatoms. The average Bonchev–Trinajstić information content (AvgIpc) is 2.76. The molecule has 1 aliphatic rings. The number of aryl methyl sites for hydroxylation is 1. The number of nitrogens with one attached hydrogen (secondary N) is 1. The third-order valence-corrected chi connectivity index (χ3v) is 3.88. The highest BCUT2D eigenvalue weighted by atomic mass is 32.2. The Bertz CT molecular complexity index is 292. The van der Waals surface area contributed by atoms with Crippen LogP contribution in [-0.2, 0) is 13.1 Å². The van der Waals surface area contributed by atoms with Crippen molar-refractivity contribution in [2.45, 2.75) is 38.9 Å². The van der Waals surface area contributed by atoms with Gasteiger partial charge in [-0.2, -0.15) is 16.9 Å². The van der Waals surface area contributed by atoms with E-state index in [-0.39, 0.29) is 0 Å². The second-order valence-electron chi connectivity index (χ2n) is 3.97. The predicted molar refractivity (Wildman–Crippen MR) is 65.1 cm³/mol. The van der Waals surface area contributed by atoms with Crippen molar-refractivity contribution in [3.63, 3.8) is 0 Å². The van der Waals surface area contributed by atoms with Crippen LogP contribution >= 0.6 is 11.8 Å². The molecule has 0 aromatic carbocycles. The van der Waals surface area contributed by atoms with Crippen molar-refractivity contribution in [3.05, 3.63) is 18.0 Å². The van der Waals surface area contributed by atoms with Crippen molar-refractivity contribution in [3.8, 4) is 0 Å². The molecule has 0 radical (unpaired) electrons. The number of aromatic nitrogens is 2. The van der Waals surface area contributed by atoms with Gasteiger partial charge in [-0.05, 0) is 31.3 Å².